The smallest absolute Gasteiger partial charge is 0.336 e. The molecule has 0 aliphatic rings. The van der Waals surface area contributed by atoms with Gasteiger partial charge in [-0.15, -0.1) is 0 Å². The van der Waals surface area contributed by atoms with Crippen LogP contribution in [-0.2, 0) is 6.42 Å². The summed E-state index contributed by atoms with van der Waals surface area (Å²) in [6.07, 6.45) is 1.88. The first-order valence-corrected chi connectivity index (χ1v) is 5.03. The number of nitrogens with two attached hydrogens (primary N) is 1. The first-order valence-electron chi connectivity index (χ1n) is 5.03. The maximum atomic E-state index is 11.3. The molecule has 0 aliphatic heterocycles. The third-order valence-corrected chi connectivity index (χ3v) is 2.37. The van der Waals surface area contributed by atoms with Crippen LogP contribution in [0.15, 0.2) is 33.5 Å². The van der Waals surface area contributed by atoms with Crippen molar-refractivity contribution in [2.24, 2.45) is 0 Å². The lowest BCUT2D eigenvalue weighted by atomic mass is 10.1. The Hall–Kier alpha value is -1.77. The average Bonchev–Trinajstić information content (AvgIpc) is 2.17. The van der Waals surface area contributed by atoms with Gasteiger partial charge < -0.3 is 10.2 Å². The van der Waals surface area contributed by atoms with Crippen molar-refractivity contribution in [3.8, 4) is 0 Å². The Labute approximate surface area is 87.5 Å². The SMILES string of the molecule is CCCc1cc(=O)oc2cc(N)ccc12. The van der Waals surface area contributed by atoms with Gasteiger partial charge >= 0.3 is 5.63 Å². The van der Waals surface area contributed by atoms with Gasteiger partial charge in [0, 0.05) is 23.2 Å². The molecule has 3 heteroatoms. The molecule has 2 rings (SSSR count). The number of anilines is 1. The third-order valence-electron chi connectivity index (χ3n) is 2.37. The molecule has 0 fully saturated rings. The highest BCUT2D eigenvalue weighted by Crippen LogP contribution is 2.20. The average molecular weight is 203 g/mol. The molecule has 0 aliphatic carbocycles. The van der Waals surface area contributed by atoms with Gasteiger partial charge in [0.15, 0.2) is 0 Å². The standard InChI is InChI=1S/C12H13NO2/c1-2-3-8-6-12(14)15-11-7-9(13)4-5-10(8)11/h4-7H,2-3,13H2,1H3. The Kier molecular flexibility index (Phi) is 2.46. The molecule has 2 N–H and O–H groups in total. The lowest BCUT2D eigenvalue weighted by molar-refractivity contribution is 0.559. The van der Waals surface area contributed by atoms with Gasteiger partial charge in [0.2, 0.25) is 0 Å². The fourth-order valence-corrected chi connectivity index (χ4v) is 1.72. The van der Waals surface area contributed by atoms with Crippen LogP contribution < -0.4 is 11.4 Å². The molecule has 1 heterocycles. The third kappa shape index (κ3) is 1.86. The van der Waals surface area contributed by atoms with Gasteiger partial charge in [-0.3, -0.25) is 0 Å². The van der Waals surface area contributed by atoms with Gasteiger partial charge in [-0.2, -0.15) is 0 Å². The quantitative estimate of drug-likeness (QED) is 0.602. The molecular formula is C12H13NO2. The molecule has 78 valence electrons. The highest BCUT2D eigenvalue weighted by molar-refractivity contribution is 5.82. The summed E-state index contributed by atoms with van der Waals surface area (Å²) in [6, 6.07) is 6.97. The summed E-state index contributed by atoms with van der Waals surface area (Å²) in [5.74, 6) is 0. The number of hydrogen-bond acceptors (Lipinski definition) is 3. The molecule has 0 amide bonds. The minimum Gasteiger partial charge on any atom is -0.423 e. The van der Waals surface area contributed by atoms with E-state index in [1.54, 1.807) is 12.1 Å². The summed E-state index contributed by atoms with van der Waals surface area (Å²) in [7, 11) is 0. The van der Waals surface area contributed by atoms with E-state index in [-0.39, 0.29) is 5.63 Å². The minimum absolute atomic E-state index is 0.309. The molecule has 15 heavy (non-hydrogen) atoms. The molecule has 0 saturated carbocycles. The van der Waals surface area contributed by atoms with E-state index in [1.165, 1.54) is 0 Å². The van der Waals surface area contributed by atoms with Crippen LogP contribution in [0, 0.1) is 0 Å². The van der Waals surface area contributed by atoms with Crippen LogP contribution in [0.4, 0.5) is 5.69 Å². The van der Waals surface area contributed by atoms with Crippen LogP contribution in [0.25, 0.3) is 11.0 Å². The molecule has 0 unspecified atom stereocenters. The van der Waals surface area contributed by atoms with Crippen LogP contribution in [0.2, 0.25) is 0 Å². The maximum Gasteiger partial charge on any atom is 0.336 e. The highest BCUT2D eigenvalue weighted by Gasteiger charge is 2.04. The first kappa shape index (κ1) is 9.77. The summed E-state index contributed by atoms with van der Waals surface area (Å²) < 4.78 is 5.09. The predicted octanol–water partition coefficient (Wildman–Crippen LogP) is 2.33. The number of rotatable bonds is 2. The predicted molar refractivity (Wildman–Crippen MR) is 60.9 cm³/mol. The zero-order valence-electron chi connectivity index (χ0n) is 8.62. The largest absolute Gasteiger partial charge is 0.423 e. The Balaban J connectivity index is 2.74. The number of nitrogen functional groups attached to an aromatic ring is 1. The summed E-state index contributed by atoms with van der Waals surface area (Å²) in [5, 5.41) is 0.977. The number of fused-ring (bicyclic) bond motifs is 1. The zero-order valence-corrected chi connectivity index (χ0v) is 8.62. The summed E-state index contributed by atoms with van der Waals surface area (Å²) >= 11 is 0. The van der Waals surface area contributed by atoms with Crippen LogP contribution in [0.3, 0.4) is 0 Å². The van der Waals surface area contributed by atoms with Crippen molar-refractivity contribution in [1.82, 2.24) is 0 Å². The molecule has 0 saturated heterocycles. The number of hydrogen-bond donors (Lipinski definition) is 1. The lowest BCUT2D eigenvalue weighted by Gasteiger charge is -2.03. The van der Waals surface area contributed by atoms with Gasteiger partial charge in [-0.05, 0) is 24.1 Å². The Morgan fingerprint density at radius 3 is 2.87 bits per heavy atom. The maximum absolute atomic E-state index is 11.3. The van der Waals surface area contributed by atoms with Gasteiger partial charge in [0.1, 0.15) is 5.58 Å². The van der Waals surface area contributed by atoms with E-state index in [4.69, 9.17) is 10.2 Å². The van der Waals surface area contributed by atoms with Gasteiger partial charge in [0.25, 0.3) is 0 Å². The van der Waals surface area contributed by atoms with Gasteiger partial charge in [-0.25, -0.2) is 4.79 Å². The second kappa shape index (κ2) is 3.77. The van der Waals surface area contributed by atoms with Crippen molar-refractivity contribution in [2.75, 3.05) is 5.73 Å². The van der Waals surface area contributed by atoms with Crippen molar-refractivity contribution < 1.29 is 4.42 Å². The van der Waals surface area contributed by atoms with E-state index in [2.05, 4.69) is 6.92 Å². The van der Waals surface area contributed by atoms with Crippen LogP contribution in [0.1, 0.15) is 18.9 Å². The van der Waals surface area contributed by atoms with E-state index in [9.17, 15) is 4.79 Å². The number of aryl methyl sites for hydroxylation is 1. The zero-order chi connectivity index (χ0) is 10.8. The van der Waals surface area contributed by atoms with Crippen molar-refractivity contribution in [3.63, 3.8) is 0 Å². The molecule has 1 aromatic carbocycles. The molecule has 0 atom stereocenters. The van der Waals surface area contributed by atoms with Gasteiger partial charge in [0.05, 0.1) is 0 Å². The molecule has 0 spiro atoms. The van der Waals surface area contributed by atoms with Gasteiger partial charge in [-0.1, -0.05) is 13.3 Å². The second-order valence-corrected chi connectivity index (χ2v) is 3.60. The van der Waals surface area contributed by atoms with Crippen molar-refractivity contribution >= 4 is 16.7 Å². The van der Waals surface area contributed by atoms with Crippen molar-refractivity contribution in [1.29, 1.82) is 0 Å². The van der Waals surface area contributed by atoms with Crippen LogP contribution in [0.5, 0.6) is 0 Å². The minimum atomic E-state index is -0.309. The topological polar surface area (TPSA) is 56.2 Å². The monoisotopic (exact) mass is 203 g/mol. The fraction of sp³-hybridized carbons (Fsp3) is 0.250. The molecular weight excluding hydrogens is 190 g/mol. The van der Waals surface area contributed by atoms with Crippen molar-refractivity contribution in [2.45, 2.75) is 19.8 Å². The summed E-state index contributed by atoms with van der Waals surface area (Å²) in [5.41, 5.74) is 7.54. The molecule has 0 bridgehead atoms. The first-order chi connectivity index (χ1) is 7.20. The second-order valence-electron chi connectivity index (χ2n) is 3.60. The van der Waals surface area contributed by atoms with E-state index in [0.717, 1.165) is 23.8 Å². The molecule has 2 aromatic rings. The Morgan fingerprint density at radius 1 is 1.33 bits per heavy atom. The number of benzene rings is 1. The highest BCUT2D eigenvalue weighted by atomic mass is 16.4. The van der Waals surface area contributed by atoms with E-state index in [0.29, 0.717) is 11.3 Å². The van der Waals surface area contributed by atoms with Crippen molar-refractivity contribution in [3.05, 3.63) is 40.2 Å². The summed E-state index contributed by atoms with van der Waals surface area (Å²) in [4.78, 5) is 11.3. The molecule has 0 radical (unpaired) electrons. The summed E-state index contributed by atoms with van der Waals surface area (Å²) in [6.45, 7) is 2.08. The lowest BCUT2D eigenvalue weighted by Crippen LogP contribution is -2.00. The Morgan fingerprint density at radius 2 is 2.13 bits per heavy atom. The van der Waals surface area contributed by atoms with E-state index >= 15 is 0 Å². The van der Waals surface area contributed by atoms with Crippen LogP contribution in [-0.4, -0.2) is 0 Å². The Bertz CT molecular complexity index is 543. The molecule has 1 aromatic heterocycles. The van der Waals surface area contributed by atoms with Crippen LogP contribution >= 0.6 is 0 Å². The van der Waals surface area contributed by atoms with E-state index < -0.39 is 0 Å². The molecule has 3 nitrogen and oxygen atoms in total. The normalized spacial score (nSPS) is 10.7. The van der Waals surface area contributed by atoms with E-state index in [1.807, 2.05) is 12.1 Å². The fourth-order valence-electron chi connectivity index (χ4n) is 1.72.